The van der Waals surface area contributed by atoms with Crippen molar-refractivity contribution < 1.29 is 0 Å². The lowest BCUT2D eigenvalue weighted by atomic mass is 10.3. The molecule has 1 aromatic heterocycles. The number of aromatic nitrogens is 3. The summed E-state index contributed by atoms with van der Waals surface area (Å²) in [7, 11) is 0. The minimum atomic E-state index is 0.738. The molecule has 2 rings (SSSR count). The molecule has 0 fully saturated rings. The van der Waals surface area contributed by atoms with Gasteiger partial charge in [0.15, 0.2) is 0 Å². The van der Waals surface area contributed by atoms with E-state index in [1.165, 1.54) is 0 Å². The van der Waals surface area contributed by atoms with Crippen molar-refractivity contribution in [3.63, 3.8) is 0 Å². The maximum absolute atomic E-state index is 5.83. The molecule has 0 atom stereocenters. The normalized spacial score (nSPS) is 10.3. The van der Waals surface area contributed by atoms with E-state index in [0.29, 0.717) is 0 Å². The van der Waals surface area contributed by atoms with Crippen LogP contribution in [0.5, 0.6) is 0 Å². The van der Waals surface area contributed by atoms with Gasteiger partial charge in [-0.1, -0.05) is 21.1 Å². The number of benzene rings is 1. The van der Waals surface area contributed by atoms with Gasteiger partial charge in [-0.25, -0.2) is 0 Å². The minimum Gasteiger partial charge on any atom is -0.397 e. The van der Waals surface area contributed by atoms with Crippen molar-refractivity contribution in [2.24, 2.45) is 0 Å². The van der Waals surface area contributed by atoms with Gasteiger partial charge in [-0.15, -0.1) is 5.10 Å². The van der Waals surface area contributed by atoms with Crippen LogP contribution >= 0.6 is 15.9 Å². The van der Waals surface area contributed by atoms with Crippen LogP contribution in [0, 0.1) is 0 Å². The predicted molar refractivity (Wildman–Crippen MR) is 67.1 cm³/mol. The summed E-state index contributed by atoms with van der Waals surface area (Å²) in [5.74, 6) is 0. The van der Waals surface area contributed by atoms with Gasteiger partial charge in [0.2, 0.25) is 0 Å². The van der Waals surface area contributed by atoms with Gasteiger partial charge in [0, 0.05) is 17.2 Å². The van der Waals surface area contributed by atoms with Crippen molar-refractivity contribution in [2.45, 2.75) is 6.54 Å². The SMILES string of the molecule is Nc1ccc(Br)cc1NCCn1ccnn1. The van der Waals surface area contributed by atoms with Crippen molar-refractivity contribution in [1.29, 1.82) is 0 Å². The number of hydrogen-bond acceptors (Lipinski definition) is 4. The Morgan fingerprint density at radius 2 is 2.31 bits per heavy atom. The molecule has 0 spiro atoms. The highest BCUT2D eigenvalue weighted by molar-refractivity contribution is 9.10. The van der Waals surface area contributed by atoms with Gasteiger partial charge < -0.3 is 11.1 Å². The fourth-order valence-electron chi connectivity index (χ4n) is 1.34. The van der Waals surface area contributed by atoms with Crippen molar-refractivity contribution in [2.75, 3.05) is 17.6 Å². The third-order valence-electron chi connectivity index (χ3n) is 2.14. The molecule has 0 aliphatic carbocycles. The van der Waals surface area contributed by atoms with Crippen molar-refractivity contribution in [1.82, 2.24) is 15.0 Å². The fraction of sp³-hybridized carbons (Fsp3) is 0.200. The Morgan fingerprint density at radius 3 is 3.06 bits per heavy atom. The molecule has 0 radical (unpaired) electrons. The van der Waals surface area contributed by atoms with Crippen molar-refractivity contribution in [3.8, 4) is 0 Å². The second-order valence-corrected chi connectivity index (χ2v) is 4.24. The lowest BCUT2D eigenvalue weighted by Crippen LogP contribution is -2.12. The first-order valence-electron chi connectivity index (χ1n) is 4.89. The van der Waals surface area contributed by atoms with E-state index < -0.39 is 0 Å². The standard InChI is InChI=1S/C10H12BrN5/c11-8-1-2-9(12)10(7-8)13-3-5-16-6-4-14-15-16/h1-2,4,6-7,13H,3,5,12H2. The fourth-order valence-corrected chi connectivity index (χ4v) is 1.70. The number of halogens is 1. The number of nitrogens with one attached hydrogen (secondary N) is 1. The van der Waals surface area contributed by atoms with Gasteiger partial charge >= 0.3 is 0 Å². The number of hydrogen-bond donors (Lipinski definition) is 2. The predicted octanol–water partition coefficient (Wildman–Crippen LogP) is 1.73. The highest BCUT2D eigenvalue weighted by Gasteiger charge is 1.99. The molecule has 0 bridgehead atoms. The van der Waals surface area contributed by atoms with Crippen LogP contribution in [0.3, 0.4) is 0 Å². The van der Waals surface area contributed by atoms with Gasteiger partial charge in [0.25, 0.3) is 0 Å². The smallest absolute Gasteiger partial charge is 0.0692 e. The summed E-state index contributed by atoms with van der Waals surface area (Å²) in [5.41, 5.74) is 7.49. The van der Waals surface area contributed by atoms with E-state index in [0.717, 1.165) is 28.9 Å². The van der Waals surface area contributed by atoms with E-state index in [4.69, 9.17) is 5.73 Å². The highest BCUT2D eigenvalue weighted by atomic mass is 79.9. The van der Waals surface area contributed by atoms with Crippen LogP contribution in [0.15, 0.2) is 35.1 Å². The first kappa shape index (κ1) is 10.9. The monoisotopic (exact) mass is 281 g/mol. The second-order valence-electron chi connectivity index (χ2n) is 3.32. The molecular weight excluding hydrogens is 270 g/mol. The number of anilines is 2. The highest BCUT2D eigenvalue weighted by Crippen LogP contribution is 2.22. The second kappa shape index (κ2) is 4.98. The maximum atomic E-state index is 5.83. The molecule has 0 aliphatic heterocycles. The molecule has 2 aromatic rings. The molecule has 1 heterocycles. The summed E-state index contributed by atoms with van der Waals surface area (Å²) < 4.78 is 2.77. The molecule has 84 valence electrons. The van der Waals surface area contributed by atoms with Gasteiger partial charge in [-0.3, -0.25) is 4.68 Å². The summed E-state index contributed by atoms with van der Waals surface area (Å²) in [6.45, 7) is 1.51. The Labute approximate surface area is 102 Å². The van der Waals surface area contributed by atoms with Gasteiger partial charge in [-0.05, 0) is 18.2 Å². The zero-order valence-electron chi connectivity index (χ0n) is 8.60. The minimum absolute atomic E-state index is 0.738. The Hall–Kier alpha value is -1.56. The quantitative estimate of drug-likeness (QED) is 0.838. The Kier molecular flexibility index (Phi) is 3.40. The average molecular weight is 282 g/mol. The van der Waals surface area contributed by atoms with Crippen LogP contribution in [0.25, 0.3) is 0 Å². The molecule has 6 heteroatoms. The Bertz CT molecular complexity index is 454. The van der Waals surface area contributed by atoms with E-state index in [2.05, 4.69) is 31.6 Å². The molecule has 3 N–H and O–H groups in total. The topological polar surface area (TPSA) is 68.8 Å². The number of rotatable bonds is 4. The molecule has 0 amide bonds. The number of nitrogens with two attached hydrogens (primary N) is 1. The van der Waals surface area contributed by atoms with E-state index >= 15 is 0 Å². The molecule has 0 unspecified atom stereocenters. The van der Waals surface area contributed by atoms with E-state index in [1.54, 1.807) is 10.9 Å². The van der Waals surface area contributed by atoms with Crippen molar-refractivity contribution in [3.05, 3.63) is 35.1 Å². The number of nitrogen functional groups attached to an aromatic ring is 1. The third kappa shape index (κ3) is 2.73. The Balaban J connectivity index is 1.92. The molecule has 1 aromatic carbocycles. The van der Waals surface area contributed by atoms with Crippen LogP contribution in [0.1, 0.15) is 0 Å². The van der Waals surface area contributed by atoms with E-state index in [-0.39, 0.29) is 0 Å². The van der Waals surface area contributed by atoms with Crippen molar-refractivity contribution >= 4 is 27.3 Å². The lowest BCUT2D eigenvalue weighted by molar-refractivity contribution is 0.609. The van der Waals surface area contributed by atoms with Gasteiger partial charge in [-0.2, -0.15) is 0 Å². The van der Waals surface area contributed by atoms with Crippen LogP contribution in [-0.2, 0) is 6.54 Å². The van der Waals surface area contributed by atoms with Crippen LogP contribution in [0.2, 0.25) is 0 Å². The van der Waals surface area contributed by atoms with Crippen LogP contribution < -0.4 is 11.1 Å². The molecule has 16 heavy (non-hydrogen) atoms. The van der Waals surface area contributed by atoms with E-state index in [9.17, 15) is 0 Å². The zero-order valence-corrected chi connectivity index (χ0v) is 10.2. The largest absolute Gasteiger partial charge is 0.397 e. The summed E-state index contributed by atoms with van der Waals surface area (Å²) in [6.07, 6.45) is 3.49. The molecule has 0 saturated carbocycles. The van der Waals surface area contributed by atoms with Crippen LogP contribution in [-0.4, -0.2) is 21.5 Å². The first-order valence-corrected chi connectivity index (χ1v) is 5.68. The summed E-state index contributed by atoms with van der Waals surface area (Å²) >= 11 is 3.40. The molecule has 0 aliphatic rings. The van der Waals surface area contributed by atoms with Gasteiger partial charge in [0.1, 0.15) is 0 Å². The summed E-state index contributed by atoms with van der Waals surface area (Å²) in [6, 6.07) is 5.73. The lowest BCUT2D eigenvalue weighted by Gasteiger charge is -2.09. The van der Waals surface area contributed by atoms with E-state index in [1.807, 2.05) is 24.4 Å². The number of nitrogens with zero attached hydrogens (tertiary/aromatic N) is 3. The zero-order chi connectivity index (χ0) is 11.4. The molecule has 5 nitrogen and oxygen atoms in total. The van der Waals surface area contributed by atoms with Gasteiger partial charge in [0.05, 0.1) is 24.1 Å². The Morgan fingerprint density at radius 1 is 1.44 bits per heavy atom. The molecular formula is C10H12BrN5. The van der Waals surface area contributed by atoms with Crippen LogP contribution in [0.4, 0.5) is 11.4 Å². The first-order chi connectivity index (χ1) is 7.75. The third-order valence-corrected chi connectivity index (χ3v) is 2.64. The average Bonchev–Trinajstić information content (AvgIpc) is 2.76. The summed E-state index contributed by atoms with van der Waals surface area (Å²) in [5, 5.41) is 10.9. The maximum Gasteiger partial charge on any atom is 0.0692 e. The summed E-state index contributed by atoms with van der Waals surface area (Å²) in [4.78, 5) is 0. The molecule has 0 saturated heterocycles.